The Morgan fingerprint density at radius 1 is 1.63 bits per heavy atom. The van der Waals surface area contributed by atoms with E-state index in [1.807, 2.05) is 0 Å². The van der Waals surface area contributed by atoms with Crippen LogP contribution in [-0.4, -0.2) is 36.7 Å². The first-order valence-electron chi connectivity index (χ1n) is 6.00. The van der Waals surface area contributed by atoms with Gasteiger partial charge in [-0.1, -0.05) is 0 Å². The van der Waals surface area contributed by atoms with E-state index in [0.717, 1.165) is 0 Å². The van der Waals surface area contributed by atoms with Crippen molar-refractivity contribution in [3.05, 3.63) is 23.8 Å². The van der Waals surface area contributed by atoms with Crippen LogP contribution in [0.15, 0.2) is 18.2 Å². The van der Waals surface area contributed by atoms with Gasteiger partial charge < -0.3 is 19.9 Å². The van der Waals surface area contributed by atoms with Crippen LogP contribution in [0.4, 0.5) is 0 Å². The first kappa shape index (κ1) is 14.0. The molecule has 104 valence electrons. The first-order chi connectivity index (χ1) is 9.15. The summed E-state index contributed by atoms with van der Waals surface area (Å²) in [6.45, 7) is 0.420. The van der Waals surface area contributed by atoms with Crippen LogP contribution < -0.4 is 14.8 Å². The number of amides is 1. The summed E-state index contributed by atoms with van der Waals surface area (Å²) in [6.07, 6.45) is -0.333. The third-order valence-corrected chi connectivity index (χ3v) is 3.31. The molecule has 1 aromatic carbocycles. The number of aliphatic hydroxyl groups excluding tert-OH is 1. The molecule has 0 bridgehead atoms. The molecule has 0 fully saturated rings. The first-order valence-corrected chi connectivity index (χ1v) is 6.53. The van der Waals surface area contributed by atoms with Crippen molar-refractivity contribution in [1.82, 2.24) is 5.32 Å². The van der Waals surface area contributed by atoms with E-state index >= 15 is 0 Å². The predicted molar refractivity (Wildman–Crippen MR) is 70.7 cm³/mol. The van der Waals surface area contributed by atoms with Crippen molar-refractivity contribution in [3.8, 4) is 11.5 Å². The highest BCUT2D eigenvalue weighted by molar-refractivity contribution is 6.27. The zero-order chi connectivity index (χ0) is 13.8. The van der Waals surface area contributed by atoms with Crippen LogP contribution in [0.1, 0.15) is 18.1 Å². The van der Waals surface area contributed by atoms with Gasteiger partial charge in [0.05, 0.1) is 19.8 Å². The number of hydrogen-bond acceptors (Lipinski definition) is 4. The highest BCUT2D eigenvalue weighted by Crippen LogP contribution is 2.34. The molecule has 1 aromatic rings. The van der Waals surface area contributed by atoms with E-state index in [-0.39, 0.29) is 11.8 Å². The summed E-state index contributed by atoms with van der Waals surface area (Å²) in [7, 11) is 1.55. The van der Waals surface area contributed by atoms with Gasteiger partial charge in [-0.3, -0.25) is 4.79 Å². The minimum atomic E-state index is -0.847. The van der Waals surface area contributed by atoms with Gasteiger partial charge in [-0.05, 0) is 18.2 Å². The minimum absolute atomic E-state index is 0.130. The van der Waals surface area contributed by atoms with Crippen molar-refractivity contribution >= 4 is 17.5 Å². The fraction of sp³-hybridized carbons (Fsp3) is 0.462. The number of benzene rings is 1. The van der Waals surface area contributed by atoms with Gasteiger partial charge in [-0.25, -0.2) is 0 Å². The second-order valence-electron chi connectivity index (χ2n) is 4.29. The van der Waals surface area contributed by atoms with E-state index in [1.54, 1.807) is 25.3 Å². The van der Waals surface area contributed by atoms with Crippen molar-refractivity contribution < 1.29 is 19.4 Å². The number of aliphatic hydroxyl groups is 1. The molecule has 5 nitrogen and oxygen atoms in total. The third kappa shape index (κ3) is 3.11. The molecule has 0 saturated carbocycles. The van der Waals surface area contributed by atoms with Gasteiger partial charge in [0, 0.05) is 12.0 Å². The van der Waals surface area contributed by atoms with Crippen LogP contribution >= 0.6 is 11.6 Å². The SMILES string of the molecule is COc1ccc2c(c1)[C@H](O)[C@@H](NC(=O)CCl)CCO2. The lowest BCUT2D eigenvalue weighted by Crippen LogP contribution is -2.40. The molecule has 0 unspecified atom stereocenters. The summed E-state index contributed by atoms with van der Waals surface area (Å²) in [4.78, 5) is 11.4. The predicted octanol–water partition coefficient (Wildman–Crippen LogP) is 1.23. The van der Waals surface area contributed by atoms with E-state index < -0.39 is 12.1 Å². The summed E-state index contributed by atoms with van der Waals surface area (Å²) >= 11 is 5.46. The van der Waals surface area contributed by atoms with Gasteiger partial charge in [-0.15, -0.1) is 11.6 Å². The fourth-order valence-electron chi connectivity index (χ4n) is 2.08. The standard InChI is InChI=1S/C13H16ClNO4/c1-18-8-2-3-11-9(6-8)13(17)10(4-5-19-11)15-12(16)7-14/h2-3,6,10,13,17H,4-5,7H2,1H3,(H,15,16)/t10-,13-/m0/s1. The van der Waals surface area contributed by atoms with Crippen molar-refractivity contribution in [1.29, 1.82) is 0 Å². The van der Waals surface area contributed by atoms with Gasteiger partial charge in [0.1, 0.15) is 23.5 Å². The van der Waals surface area contributed by atoms with Crippen LogP contribution in [0.25, 0.3) is 0 Å². The molecule has 0 radical (unpaired) electrons. The summed E-state index contributed by atoms with van der Waals surface area (Å²) in [5, 5.41) is 13.1. The molecular formula is C13H16ClNO4. The number of nitrogens with one attached hydrogen (secondary N) is 1. The number of ether oxygens (including phenoxy) is 2. The molecule has 1 aliphatic rings. The molecule has 6 heteroatoms. The van der Waals surface area contributed by atoms with E-state index in [0.29, 0.717) is 30.1 Å². The van der Waals surface area contributed by atoms with Crippen molar-refractivity contribution in [3.63, 3.8) is 0 Å². The number of carbonyl (C=O) groups excluding carboxylic acids is 1. The van der Waals surface area contributed by atoms with E-state index in [2.05, 4.69) is 5.32 Å². The molecular weight excluding hydrogens is 270 g/mol. The maximum atomic E-state index is 11.4. The lowest BCUT2D eigenvalue weighted by atomic mass is 10.00. The van der Waals surface area contributed by atoms with Gasteiger partial charge in [0.15, 0.2) is 0 Å². The maximum absolute atomic E-state index is 11.4. The van der Waals surface area contributed by atoms with Gasteiger partial charge in [-0.2, -0.15) is 0 Å². The molecule has 0 aromatic heterocycles. The second-order valence-corrected chi connectivity index (χ2v) is 4.56. The smallest absolute Gasteiger partial charge is 0.235 e. The molecule has 1 heterocycles. The Bertz CT molecular complexity index is 466. The average molecular weight is 286 g/mol. The number of methoxy groups -OCH3 is 1. The van der Waals surface area contributed by atoms with Gasteiger partial charge in [0.2, 0.25) is 5.91 Å². The van der Waals surface area contributed by atoms with E-state index in [1.165, 1.54) is 0 Å². The molecule has 1 amide bonds. The number of rotatable bonds is 3. The molecule has 2 N–H and O–H groups in total. The van der Waals surface area contributed by atoms with E-state index in [4.69, 9.17) is 21.1 Å². The topological polar surface area (TPSA) is 67.8 Å². The Hall–Kier alpha value is -1.46. The quantitative estimate of drug-likeness (QED) is 0.820. The number of carbonyl (C=O) groups is 1. The maximum Gasteiger partial charge on any atom is 0.235 e. The summed E-state index contributed by atoms with van der Waals surface area (Å²) in [5.41, 5.74) is 0.608. The number of hydrogen-bond donors (Lipinski definition) is 2. The lowest BCUT2D eigenvalue weighted by Gasteiger charge is -2.21. The number of fused-ring (bicyclic) bond motifs is 1. The molecule has 0 aliphatic carbocycles. The fourth-order valence-corrected chi connectivity index (χ4v) is 2.16. The van der Waals surface area contributed by atoms with Crippen LogP contribution in [0.5, 0.6) is 11.5 Å². The molecule has 2 rings (SSSR count). The van der Waals surface area contributed by atoms with Crippen molar-refractivity contribution in [2.24, 2.45) is 0 Å². The zero-order valence-corrected chi connectivity index (χ0v) is 11.3. The Morgan fingerprint density at radius 2 is 2.42 bits per heavy atom. The number of alkyl halides is 1. The lowest BCUT2D eigenvalue weighted by molar-refractivity contribution is -0.120. The normalized spacial score (nSPS) is 21.8. The van der Waals surface area contributed by atoms with E-state index in [9.17, 15) is 9.90 Å². The second kappa shape index (κ2) is 6.12. The molecule has 0 saturated heterocycles. The Kier molecular flexibility index (Phi) is 4.50. The monoisotopic (exact) mass is 285 g/mol. The summed E-state index contributed by atoms with van der Waals surface area (Å²) < 4.78 is 10.7. The zero-order valence-electron chi connectivity index (χ0n) is 10.6. The molecule has 1 aliphatic heterocycles. The average Bonchev–Trinajstić information content (AvgIpc) is 2.59. The van der Waals surface area contributed by atoms with Crippen LogP contribution in [0.2, 0.25) is 0 Å². The highest BCUT2D eigenvalue weighted by Gasteiger charge is 2.28. The van der Waals surface area contributed by atoms with Gasteiger partial charge >= 0.3 is 0 Å². The molecule has 2 atom stereocenters. The molecule has 0 spiro atoms. The van der Waals surface area contributed by atoms with Crippen LogP contribution in [-0.2, 0) is 4.79 Å². The highest BCUT2D eigenvalue weighted by atomic mass is 35.5. The molecule has 19 heavy (non-hydrogen) atoms. The van der Waals surface area contributed by atoms with Gasteiger partial charge in [0.25, 0.3) is 0 Å². The van der Waals surface area contributed by atoms with Crippen LogP contribution in [0, 0.1) is 0 Å². The summed E-state index contributed by atoms with van der Waals surface area (Å²) in [6, 6.07) is 4.82. The summed E-state index contributed by atoms with van der Waals surface area (Å²) in [5.74, 6) is 0.799. The Balaban J connectivity index is 2.26. The Labute approximate surface area is 116 Å². The minimum Gasteiger partial charge on any atom is -0.497 e. The van der Waals surface area contributed by atoms with Crippen molar-refractivity contribution in [2.45, 2.75) is 18.6 Å². The largest absolute Gasteiger partial charge is 0.497 e. The van der Waals surface area contributed by atoms with Crippen molar-refractivity contribution in [2.75, 3.05) is 19.6 Å². The number of halogens is 1. The van der Waals surface area contributed by atoms with Crippen LogP contribution in [0.3, 0.4) is 0 Å². The Morgan fingerprint density at radius 3 is 3.11 bits per heavy atom. The third-order valence-electron chi connectivity index (χ3n) is 3.07.